The highest BCUT2D eigenvalue weighted by Gasteiger charge is 2.31. The number of carbonyl (C=O) groups is 2. The Morgan fingerprint density at radius 3 is 2.91 bits per heavy atom. The van der Waals surface area contributed by atoms with Gasteiger partial charge in [0.2, 0.25) is 5.91 Å². The molecule has 1 unspecified atom stereocenters. The maximum atomic E-state index is 12.4. The molecule has 0 bridgehead atoms. The van der Waals surface area contributed by atoms with Crippen LogP contribution in [0.1, 0.15) is 37.7 Å². The van der Waals surface area contributed by atoms with Gasteiger partial charge < -0.3 is 10.0 Å². The Morgan fingerprint density at radius 2 is 2.09 bits per heavy atom. The van der Waals surface area contributed by atoms with E-state index < -0.39 is 12.0 Å². The molecule has 1 saturated heterocycles. The smallest absolute Gasteiger partial charge is 0.326 e. The predicted molar refractivity (Wildman–Crippen MR) is 91.8 cm³/mol. The van der Waals surface area contributed by atoms with E-state index in [-0.39, 0.29) is 5.91 Å². The van der Waals surface area contributed by atoms with Gasteiger partial charge in [-0.1, -0.05) is 18.2 Å². The third-order valence-electron chi connectivity index (χ3n) is 4.51. The fourth-order valence-corrected chi connectivity index (χ4v) is 4.28. The summed E-state index contributed by atoms with van der Waals surface area (Å²) in [5, 5.41) is 12.7. The number of aliphatic carboxylic acids is 1. The molecule has 1 atom stereocenters. The lowest BCUT2D eigenvalue weighted by Gasteiger charge is -2.33. The van der Waals surface area contributed by atoms with Gasteiger partial charge >= 0.3 is 5.97 Å². The summed E-state index contributed by atoms with van der Waals surface area (Å²) in [4.78, 5) is 25.2. The fraction of sp³-hybridized carbons (Fsp3) is 0.444. The molecule has 1 amide bonds. The van der Waals surface area contributed by atoms with E-state index in [4.69, 9.17) is 0 Å². The van der Waals surface area contributed by atoms with Crippen molar-refractivity contribution in [1.29, 1.82) is 0 Å². The van der Waals surface area contributed by atoms with Crippen LogP contribution in [0.25, 0.3) is 10.1 Å². The Morgan fingerprint density at radius 1 is 1.26 bits per heavy atom. The normalized spacial score (nSPS) is 18.3. The van der Waals surface area contributed by atoms with Gasteiger partial charge in [-0.25, -0.2) is 4.79 Å². The second-order valence-electron chi connectivity index (χ2n) is 6.05. The third kappa shape index (κ3) is 3.55. The molecule has 0 saturated carbocycles. The number of carboxylic acids is 1. The maximum Gasteiger partial charge on any atom is 0.326 e. The lowest BCUT2D eigenvalue weighted by molar-refractivity contribution is -0.152. The minimum atomic E-state index is -0.873. The van der Waals surface area contributed by atoms with Gasteiger partial charge in [0.15, 0.2) is 0 Å². The number of thiophene rings is 1. The molecule has 122 valence electrons. The zero-order valence-corrected chi connectivity index (χ0v) is 13.8. The van der Waals surface area contributed by atoms with Crippen molar-refractivity contribution in [2.24, 2.45) is 0 Å². The summed E-state index contributed by atoms with van der Waals surface area (Å²) in [6.07, 6.45) is 4.43. The molecular formula is C18H21NO3S. The number of rotatable bonds is 5. The summed E-state index contributed by atoms with van der Waals surface area (Å²) < 4.78 is 1.27. The third-order valence-corrected chi connectivity index (χ3v) is 5.52. The van der Waals surface area contributed by atoms with Crippen LogP contribution in [-0.4, -0.2) is 34.5 Å². The van der Waals surface area contributed by atoms with Crippen molar-refractivity contribution >= 4 is 33.3 Å². The number of aryl methyl sites for hydroxylation is 1. The zero-order chi connectivity index (χ0) is 16.2. The van der Waals surface area contributed by atoms with Crippen LogP contribution in [0.2, 0.25) is 0 Å². The van der Waals surface area contributed by atoms with E-state index >= 15 is 0 Å². The molecule has 1 aromatic heterocycles. The molecule has 23 heavy (non-hydrogen) atoms. The summed E-state index contributed by atoms with van der Waals surface area (Å²) in [5.41, 5.74) is 1.28. The van der Waals surface area contributed by atoms with Crippen molar-refractivity contribution in [1.82, 2.24) is 4.90 Å². The van der Waals surface area contributed by atoms with Crippen molar-refractivity contribution in [3.8, 4) is 0 Å². The second kappa shape index (κ2) is 7.13. The topological polar surface area (TPSA) is 57.6 Å². The first-order chi connectivity index (χ1) is 11.2. The van der Waals surface area contributed by atoms with Crippen molar-refractivity contribution in [2.75, 3.05) is 6.54 Å². The maximum absolute atomic E-state index is 12.4. The summed E-state index contributed by atoms with van der Waals surface area (Å²) in [7, 11) is 0. The lowest BCUT2D eigenvalue weighted by Crippen LogP contribution is -2.47. The van der Waals surface area contributed by atoms with Gasteiger partial charge in [-0.05, 0) is 54.5 Å². The predicted octanol–water partition coefficient (Wildman–Crippen LogP) is 3.69. The molecule has 2 heterocycles. The molecule has 0 aliphatic carbocycles. The number of amides is 1. The Labute approximate surface area is 139 Å². The minimum absolute atomic E-state index is 0.0170. The Bertz CT molecular complexity index is 709. The Kier molecular flexibility index (Phi) is 4.96. The van der Waals surface area contributed by atoms with Gasteiger partial charge in [0.05, 0.1) is 0 Å². The lowest BCUT2D eigenvalue weighted by atomic mass is 10.0. The van der Waals surface area contributed by atoms with Crippen molar-refractivity contribution in [3.05, 3.63) is 35.2 Å². The van der Waals surface area contributed by atoms with Crippen LogP contribution in [0.15, 0.2) is 29.6 Å². The number of carboxylic acid groups (broad SMARTS) is 1. The number of fused-ring (bicyclic) bond motifs is 1. The van der Waals surface area contributed by atoms with Crippen LogP contribution in [-0.2, 0) is 16.0 Å². The van der Waals surface area contributed by atoms with Crippen molar-refractivity contribution < 1.29 is 14.7 Å². The Hall–Kier alpha value is -1.88. The fourth-order valence-electron chi connectivity index (χ4n) is 3.29. The van der Waals surface area contributed by atoms with Crippen LogP contribution in [0.5, 0.6) is 0 Å². The molecule has 1 fully saturated rings. The molecule has 0 spiro atoms. The van der Waals surface area contributed by atoms with Gasteiger partial charge in [-0.3, -0.25) is 4.79 Å². The summed E-state index contributed by atoms with van der Waals surface area (Å²) in [6.45, 7) is 0.581. The molecule has 1 aliphatic rings. The van der Waals surface area contributed by atoms with Crippen molar-refractivity contribution in [3.63, 3.8) is 0 Å². The standard InChI is InChI=1S/C18H21NO3S/c20-17(19-11-4-3-8-15(19)18(21)22)10-5-6-13-12-23-16-9-2-1-7-14(13)16/h1-2,7,9,12,15H,3-6,8,10-11H2,(H,21,22). The van der Waals surface area contributed by atoms with Gasteiger partial charge in [0.1, 0.15) is 6.04 Å². The SMILES string of the molecule is O=C(O)C1CCCCN1C(=O)CCCc1csc2ccccc12. The van der Waals surface area contributed by atoms with E-state index in [1.807, 2.05) is 12.1 Å². The molecular weight excluding hydrogens is 310 g/mol. The largest absolute Gasteiger partial charge is 0.480 e. The summed E-state index contributed by atoms with van der Waals surface area (Å²) in [5.74, 6) is -0.890. The molecule has 0 radical (unpaired) electrons. The molecule has 3 rings (SSSR count). The van der Waals surface area contributed by atoms with Crippen LogP contribution < -0.4 is 0 Å². The average Bonchev–Trinajstić information content (AvgIpc) is 2.98. The first-order valence-electron chi connectivity index (χ1n) is 8.14. The number of likely N-dealkylation sites (tertiary alicyclic amines) is 1. The number of carbonyl (C=O) groups excluding carboxylic acids is 1. The van der Waals surface area contributed by atoms with E-state index in [1.165, 1.54) is 15.6 Å². The van der Waals surface area contributed by atoms with E-state index in [0.717, 1.165) is 25.7 Å². The quantitative estimate of drug-likeness (QED) is 0.909. The first kappa shape index (κ1) is 16.0. The molecule has 1 aliphatic heterocycles. The highest BCUT2D eigenvalue weighted by molar-refractivity contribution is 7.17. The minimum Gasteiger partial charge on any atom is -0.480 e. The molecule has 1 N–H and O–H groups in total. The van der Waals surface area contributed by atoms with E-state index in [0.29, 0.717) is 19.4 Å². The monoisotopic (exact) mass is 331 g/mol. The van der Waals surface area contributed by atoms with Crippen LogP contribution >= 0.6 is 11.3 Å². The van der Waals surface area contributed by atoms with Crippen LogP contribution in [0.4, 0.5) is 0 Å². The average molecular weight is 331 g/mol. The number of benzene rings is 1. The molecule has 2 aromatic rings. The molecule has 4 nitrogen and oxygen atoms in total. The van der Waals surface area contributed by atoms with E-state index in [1.54, 1.807) is 16.2 Å². The molecule has 5 heteroatoms. The van der Waals surface area contributed by atoms with Crippen LogP contribution in [0.3, 0.4) is 0 Å². The highest BCUT2D eigenvalue weighted by atomic mass is 32.1. The van der Waals surface area contributed by atoms with E-state index in [2.05, 4.69) is 17.5 Å². The summed E-state index contributed by atoms with van der Waals surface area (Å²) >= 11 is 1.73. The highest BCUT2D eigenvalue weighted by Crippen LogP contribution is 2.27. The van der Waals surface area contributed by atoms with Gasteiger partial charge in [-0.2, -0.15) is 0 Å². The van der Waals surface area contributed by atoms with Gasteiger partial charge in [-0.15, -0.1) is 11.3 Å². The van der Waals surface area contributed by atoms with Crippen molar-refractivity contribution in [2.45, 2.75) is 44.6 Å². The van der Waals surface area contributed by atoms with Gasteiger partial charge in [0, 0.05) is 17.7 Å². The number of nitrogens with zero attached hydrogens (tertiary/aromatic N) is 1. The van der Waals surface area contributed by atoms with E-state index in [9.17, 15) is 14.7 Å². The Balaban J connectivity index is 1.57. The zero-order valence-electron chi connectivity index (χ0n) is 13.0. The second-order valence-corrected chi connectivity index (χ2v) is 6.96. The molecule has 1 aromatic carbocycles. The van der Waals surface area contributed by atoms with Gasteiger partial charge in [0.25, 0.3) is 0 Å². The number of hydrogen-bond donors (Lipinski definition) is 1. The first-order valence-corrected chi connectivity index (χ1v) is 9.02. The summed E-state index contributed by atoms with van der Waals surface area (Å²) in [6, 6.07) is 7.68. The number of hydrogen-bond acceptors (Lipinski definition) is 3. The van der Waals surface area contributed by atoms with Crippen LogP contribution in [0, 0.1) is 0 Å². The number of piperidine rings is 1.